The van der Waals surface area contributed by atoms with E-state index < -0.39 is 5.97 Å². The fraction of sp³-hybridized carbons (Fsp3) is 0.333. The molecule has 130 valence electrons. The zero-order valence-corrected chi connectivity index (χ0v) is 14.0. The highest BCUT2D eigenvalue weighted by Crippen LogP contribution is 2.21. The first-order valence-electron chi connectivity index (χ1n) is 8.19. The SMILES string of the molecule is CN(c1cccnn1)C1CCN(C(=O)c2cccc(C(=O)O)c2)CC1. The van der Waals surface area contributed by atoms with Gasteiger partial charge in [-0.3, -0.25) is 4.79 Å². The van der Waals surface area contributed by atoms with E-state index in [9.17, 15) is 9.59 Å². The van der Waals surface area contributed by atoms with Crippen LogP contribution in [0.1, 0.15) is 33.6 Å². The van der Waals surface area contributed by atoms with E-state index >= 15 is 0 Å². The molecule has 1 aliphatic rings. The average Bonchev–Trinajstić information content (AvgIpc) is 2.67. The lowest BCUT2D eigenvalue weighted by Gasteiger charge is -2.37. The predicted molar refractivity (Wildman–Crippen MR) is 92.8 cm³/mol. The molecule has 7 nitrogen and oxygen atoms in total. The van der Waals surface area contributed by atoms with Crippen LogP contribution in [0, 0.1) is 0 Å². The smallest absolute Gasteiger partial charge is 0.335 e. The van der Waals surface area contributed by atoms with Crippen LogP contribution in [-0.2, 0) is 0 Å². The number of anilines is 1. The molecule has 0 saturated carbocycles. The Bertz CT molecular complexity index is 758. The van der Waals surface area contributed by atoms with Crippen LogP contribution in [0.5, 0.6) is 0 Å². The van der Waals surface area contributed by atoms with Gasteiger partial charge in [-0.25, -0.2) is 4.79 Å². The van der Waals surface area contributed by atoms with Crippen LogP contribution in [0.15, 0.2) is 42.6 Å². The van der Waals surface area contributed by atoms with Crippen molar-refractivity contribution in [3.05, 3.63) is 53.7 Å². The van der Waals surface area contributed by atoms with Gasteiger partial charge in [0.1, 0.15) is 0 Å². The molecule has 7 heteroatoms. The molecule has 0 radical (unpaired) electrons. The second kappa shape index (κ2) is 7.29. The Morgan fingerprint density at radius 3 is 2.52 bits per heavy atom. The summed E-state index contributed by atoms with van der Waals surface area (Å²) >= 11 is 0. The lowest BCUT2D eigenvalue weighted by Crippen LogP contribution is -2.46. The van der Waals surface area contributed by atoms with Gasteiger partial charge in [0.25, 0.3) is 5.91 Å². The lowest BCUT2D eigenvalue weighted by atomic mass is 10.0. The third kappa shape index (κ3) is 3.76. The van der Waals surface area contributed by atoms with Crippen molar-refractivity contribution in [1.29, 1.82) is 0 Å². The zero-order chi connectivity index (χ0) is 17.8. The number of carboxylic acid groups (broad SMARTS) is 1. The highest BCUT2D eigenvalue weighted by Gasteiger charge is 2.26. The summed E-state index contributed by atoms with van der Waals surface area (Å²) in [6, 6.07) is 10.3. The van der Waals surface area contributed by atoms with Crippen LogP contribution in [0.2, 0.25) is 0 Å². The van der Waals surface area contributed by atoms with Crippen molar-refractivity contribution in [3.63, 3.8) is 0 Å². The van der Waals surface area contributed by atoms with Gasteiger partial charge in [-0.15, -0.1) is 5.10 Å². The molecule has 1 fully saturated rings. The number of nitrogens with zero attached hydrogens (tertiary/aromatic N) is 4. The number of benzene rings is 1. The van der Waals surface area contributed by atoms with E-state index in [-0.39, 0.29) is 11.5 Å². The van der Waals surface area contributed by atoms with E-state index in [0.29, 0.717) is 24.7 Å². The first-order chi connectivity index (χ1) is 12.1. The van der Waals surface area contributed by atoms with Crippen molar-refractivity contribution in [1.82, 2.24) is 15.1 Å². The maximum atomic E-state index is 12.6. The number of carbonyl (C=O) groups excluding carboxylic acids is 1. The molecule has 1 N–H and O–H groups in total. The van der Waals surface area contributed by atoms with Gasteiger partial charge in [0.15, 0.2) is 5.82 Å². The van der Waals surface area contributed by atoms with E-state index in [1.165, 1.54) is 12.1 Å². The Hall–Kier alpha value is -2.96. The molecular weight excluding hydrogens is 320 g/mol. The number of aromatic nitrogens is 2. The van der Waals surface area contributed by atoms with Crippen LogP contribution in [0.25, 0.3) is 0 Å². The van der Waals surface area contributed by atoms with Crippen molar-refractivity contribution in [2.75, 3.05) is 25.0 Å². The van der Waals surface area contributed by atoms with Gasteiger partial charge < -0.3 is 14.9 Å². The van der Waals surface area contributed by atoms with Crippen LogP contribution >= 0.6 is 0 Å². The number of hydrogen-bond donors (Lipinski definition) is 1. The molecule has 0 spiro atoms. The predicted octanol–water partition coefficient (Wildman–Crippen LogP) is 1.92. The van der Waals surface area contributed by atoms with Crippen molar-refractivity contribution >= 4 is 17.7 Å². The molecule has 3 rings (SSSR count). The Morgan fingerprint density at radius 1 is 1.16 bits per heavy atom. The Kier molecular flexibility index (Phi) is 4.92. The summed E-state index contributed by atoms with van der Waals surface area (Å²) < 4.78 is 0. The Balaban J connectivity index is 1.63. The Labute approximate surface area is 145 Å². The van der Waals surface area contributed by atoms with E-state index in [1.807, 2.05) is 19.2 Å². The van der Waals surface area contributed by atoms with Crippen LogP contribution < -0.4 is 4.90 Å². The van der Waals surface area contributed by atoms with E-state index in [0.717, 1.165) is 18.7 Å². The number of amides is 1. The zero-order valence-electron chi connectivity index (χ0n) is 14.0. The third-order valence-electron chi connectivity index (χ3n) is 4.58. The van der Waals surface area contributed by atoms with Crippen LogP contribution in [-0.4, -0.2) is 58.3 Å². The molecule has 25 heavy (non-hydrogen) atoms. The molecule has 1 aromatic carbocycles. The Morgan fingerprint density at radius 2 is 1.88 bits per heavy atom. The second-order valence-corrected chi connectivity index (χ2v) is 6.10. The van der Waals surface area contributed by atoms with Crippen LogP contribution in [0.4, 0.5) is 5.82 Å². The van der Waals surface area contributed by atoms with Crippen molar-refractivity contribution in [2.24, 2.45) is 0 Å². The number of likely N-dealkylation sites (tertiary alicyclic amines) is 1. The number of hydrogen-bond acceptors (Lipinski definition) is 5. The largest absolute Gasteiger partial charge is 0.478 e. The van der Waals surface area contributed by atoms with Crippen molar-refractivity contribution in [3.8, 4) is 0 Å². The number of aromatic carboxylic acids is 1. The van der Waals surface area contributed by atoms with E-state index in [2.05, 4.69) is 15.1 Å². The van der Waals surface area contributed by atoms with Gasteiger partial charge >= 0.3 is 5.97 Å². The van der Waals surface area contributed by atoms with Crippen molar-refractivity contribution in [2.45, 2.75) is 18.9 Å². The number of rotatable bonds is 4. The molecule has 0 atom stereocenters. The summed E-state index contributed by atoms with van der Waals surface area (Å²) in [5.74, 6) is -0.330. The summed E-state index contributed by atoms with van der Waals surface area (Å²) in [5, 5.41) is 17.1. The topological polar surface area (TPSA) is 86.6 Å². The highest BCUT2D eigenvalue weighted by molar-refractivity contribution is 5.97. The van der Waals surface area contributed by atoms with Crippen molar-refractivity contribution < 1.29 is 14.7 Å². The molecule has 1 amide bonds. The minimum Gasteiger partial charge on any atom is -0.478 e. The highest BCUT2D eigenvalue weighted by atomic mass is 16.4. The lowest BCUT2D eigenvalue weighted by molar-refractivity contribution is 0.0697. The fourth-order valence-electron chi connectivity index (χ4n) is 3.09. The molecule has 1 aliphatic heterocycles. The minimum atomic E-state index is -1.03. The summed E-state index contributed by atoms with van der Waals surface area (Å²) in [7, 11) is 1.99. The van der Waals surface area contributed by atoms with Gasteiger partial charge in [0, 0.05) is 37.9 Å². The van der Waals surface area contributed by atoms with Gasteiger partial charge in [0.05, 0.1) is 5.56 Å². The van der Waals surface area contributed by atoms with Crippen LogP contribution in [0.3, 0.4) is 0 Å². The average molecular weight is 340 g/mol. The maximum absolute atomic E-state index is 12.6. The number of carbonyl (C=O) groups is 2. The molecule has 1 aromatic heterocycles. The van der Waals surface area contributed by atoms with Gasteiger partial charge in [-0.05, 0) is 43.2 Å². The monoisotopic (exact) mass is 340 g/mol. The maximum Gasteiger partial charge on any atom is 0.335 e. The first-order valence-corrected chi connectivity index (χ1v) is 8.19. The minimum absolute atomic E-state index is 0.122. The molecule has 1 saturated heterocycles. The summed E-state index contributed by atoms with van der Waals surface area (Å²) in [6.45, 7) is 1.26. The molecule has 2 heterocycles. The summed E-state index contributed by atoms with van der Waals surface area (Å²) in [4.78, 5) is 27.6. The summed E-state index contributed by atoms with van der Waals surface area (Å²) in [5.41, 5.74) is 0.545. The van der Waals surface area contributed by atoms with Gasteiger partial charge in [0.2, 0.25) is 0 Å². The van der Waals surface area contributed by atoms with E-state index in [1.54, 1.807) is 23.2 Å². The molecular formula is C18H20N4O3. The van der Waals surface area contributed by atoms with E-state index in [4.69, 9.17) is 5.11 Å². The quantitative estimate of drug-likeness (QED) is 0.915. The number of carboxylic acids is 1. The van der Waals surface area contributed by atoms with Gasteiger partial charge in [-0.2, -0.15) is 5.10 Å². The molecule has 0 unspecified atom stereocenters. The molecule has 0 aliphatic carbocycles. The third-order valence-corrected chi connectivity index (χ3v) is 4.58. The number of piperidine rings is 1. The fourth-order valence-corrected chi connectivity index (χ4v) is 3.09. The normalized spacial score (nSPS) is 15.0. The second-order valence-electron chi connectivity index (χ2n) is 6.10. The first kappa shape index (κ1) is 16.9. The standard InChI is InChI=1S/C18H20N4O3/c1-21(16-6-3-9-19-20-16)15-7-10-22(11-8-15)17(23)13-4-2-5-14(12-13)18(24)25/h2-6,9,12,15H,7-8,10-11H2,1H3,(H,24,25). The molecule has 0 bridgehead atoms. The van der Waals surface area contributed by atoms with Gasteiger partial charge in [-0.1, -0.05) is 6.07 Å². The molecule has 2 aromatic rings. The summed E-state index contributed by atoms with van der Waals surface area (Å²) in [6.07, 6.45) is 3.30.